The molecule has 0 bridgehead atoms. The molecule has 3 aromatic rings. The van der Waals surface area contributed by atoms with Crippen molar-refractivity contribution < 1.29 is 9.53 Å². The van der Waals surface area contributed by atoms with Crippen molar-refractivity contribution in [3.63, 3.8) is 0 Å². The normalized spacial score (nSPS) is 11.1. The lowest BCUT2D eigenvalue weighted by Gasteiger charge is -2.12. The summed E-state index contributed by atoms with van der Waals surface area (Å²) in [5, 5.41) is 11.7. The molecule has 0 unspecified atom stereocenters. The second kappa shape index (κ2) is 7.76. The number of aromatic nitrogens is 2. The summed E-state index contributed by atoms with van der Waals surface area (Å²) >= 11 is 0. The van der Waals surface area contributed by atoms with Gasteiger partial charge in [0.05, 0.1) is 0 Å². The summed E-state index contributed by atoms with van der Waals surface area (Å²) in [5.41, 5.74) is 1.45. The molecular formula is C21H18N4O3. The molecule has 0 aliphatic heterocycles. The van der Waals surface area contributed by atoms with Gasteiger partial charge in [-0.25, -0.2) is 0 Å². The van der Waals surface area contributed by atoms with E-state index in [0.29, 0.717) is 11.4 Å². The molecule has 0 fully saturated rings. The van der Waals surface area contributed by atoms with Gasteiger partial charge in [-0.3, -0.25) is 14.0 Å². The van der Waals surface area contributed by atoms with Crippen molar-refractivity contribution in [3.8, 4) is 17.7 Å². The molecule has 0 atom stereocenters. The highest BCUT2D eigenvalue weighted by molar-refractivity contribution is 6.01. The lowest BCUT2D eigenvalue weighted by Crippen LogP contribution is -2.22. The van der Waals surface area contributed by atoms with Gasteiger partial charge in [0.2, 0.25) is 5.88 Å². The number of nitrogens with one attached hydrogen (secondary N) is 1. The van der Waals surface area contributed by atoms with Crippen LogP contribution < -0.4 is 15.6 Å². The van der Waals surface area contributed by atoms with Gasteiger partial charge in [-0.2, -0.15) is 10.2 Å². The van der Waals surface area contributed by atoms with E-state index in [4.69, 9.17) is 4.74 Å². The van der Waals surface area contributed by atoms with Crippen LogP contribution in [-0.2, 0) is 4.79 Å². The number of nitrogens with zero attached hydrogens (tertiary/aromatic N) is 3. The van der Waals surface area contributed by atoms with E-state index >= 15 is 0 Å². The number of carbonyl (C=O) groups excluding carboxylic acids is 1. The number of pyridine rings is 1. The fourth-order valence-electron chi connectivity index (χ4n) is 2.70. The number of rotatable bonds is 4. The maximum absolute atomic E-state index is 13.1. The number of ether oxygens (including phenoxy) is 1. The van der Waals surface area contributed by atoms with Crippen molar-refractivity contribution >= 4 is 17.6 Å². The third-order valence-corrected chi connectivity index (χ3v) is 4.23. The van der Waals surface area contributed by atoms with Gasteiger partial charge in [-0.05, 0) is 43.2 Å². The van der Waals surface area contributed by atoms with Crippen LogP contribution in [0.15, 0.2) is 53.0 Å². The largest absolute Gasteiger partial charge is 0.438 e. The molecule has 0 radical (unpaired) electrons. The molecule has 1 aromatic carbocycles. The Labute approximate surface area is 161 Å². The van der Waals surface area contributed by atoms with Crippen LogP contribution in [0.4, 0.5) is 0 Å². The van der Waals surface area contributed by atoms with Crippen molar-refractivity contribution in [3.05, 3.63) is 75.2 Å². The number of benzene rings is 1. The monoisotopic (exact) mass is 374 g/mol. The van der Waals surface area contributed by atoms with Crippen molar-refractivity contribution in [2.24, 2.45) is 0 Å². The van der Waals surface area contributed by atoms with Crippen LogP contribution in [0.5, 0.6) is 11.6 Å². The highest BCUT2D eigenvalue weighted by Gasteiger charge is 2.18. The molecule has 7 heteroatoms. The SMILES string of the molecule is CNC(=O)/C(C#N)=C/c1c(Oc2ccccc2C)nc2c(C)cccn2c1=O. The van der Waals surface area contributed by atoms with Crippen LogP contribution in [0.2, 0.25) is 0 Å². The smallest absolute Gasteiger partial charge is 0.269 e. The van der Waals surface area contributed by atoms with Crippen LogP contribution >= 0.6 is 0 Å². The number of amides is 1. The summed E-state index contributed by atoms with van der Waals surface area (Å²) in [6, 6.07) is 12.7. The lowest BCUT2D eigenvalue weighted by atomic mass is 10.1. The first-order valence-corrected chi connectivity index (χ1v) is 8.55. The highest BCUT2D eigenvalue weighted by Crippen LogP contribution is 2.27. The number of fused-ring (bicyclic) bond motifs is 1. The summed E-state index contributed by atoms with van der Waals surface area (Å²) < 4.78 is 7.30. The van der Waals surface area contributed by atoms with Crippen LogP contribution in [0.25, 0.3) is 11.7 Å². The summed E-state index contributed by atoms with van der Waals surface area (Å²) in [6.07, 6.45) is 2.79. The number of hydrogen-bond acceptors (Lipinski definition) is 5. The Morgan fingerprint density at radius 1 is 1.21 bits per heavy atom. The molecule has 0 aliphatic carbocycles. The minimum Gasteiger partial charge on any atom is -0.438 e. The number of hydrogen-bond donors (Lipinski definition) is 1. The van der Waals surface area contributed by atoms with Gasteiger partial charge in [0, 0.05) is 13.2 Å². The zero-order valence-corrected chi connectivity index (χ0v) is 15.7. The third-order valence-electron chi connectivity index (χ3n) is 4.23. The first-order chi connectivity index (χ1) is 13.5. The zero-order chi connectivity index (χ0) is 20.3. The van der Waals surface area contributed by atoms with Gasteiger partial charge in [-0.1, -0.05) is 24.3 Å². The van der Waals surface area contributed by atoms with Gasteiger partial charge in [-0.15, -0.1) is 0 Å². The molecule has 140 valence electrons. The number of aryl methyl sites for hydroxylation is 2. The van der Waals surface area contributed by atoms with Gasteiger partial charge in [0.1, 0.15) is 28.6 Å². The van der Waals surface area contributed by atoms with Crippen LogP contribution in [0.1, 0.15) is 16.7 Å². The predicted molar refractivity (Wildman–Crippen MR) is 105 cm³/mol. The lowest BCUT2D eigenvalue weighted by molar-refractivity contribution is -0.116. The molecule has 1 amide bonds. The zero-order valence-electron chi connectivity index (χ0n) is 15.7. The molecule has 0 saturated carbocycles. The predicted octanol–water partition coefficient (Wildman–Crippen LogP) is 2.76. The molecule has 7 nitrogen and oxygen atoms in total. The summed E-state index contributed by atoms with van der Waals surface area (Å²) in [7, 11) is 1.41. The van der Waals surface area contributed by atoms with Crippen LogP contribution in [0, 0.1) is 25.2 Å². The standard InChI is InChI=1S/C21H18N4O3/c1-13-7-4-5-9-17(13)28-20-16(11-15(12-22)19(26)23-3)21(27)25-10-6-8-14(2)18(25)24-20/h4-11H,1-3H3,(H,23,26)/b15-11+. The molecular weight excluding hydrogens is 356 g/mol. The summed E-state index contributed by atoms with van der Waals surface area (Å²) in [6.45, 7) is 3.70. The van der Waals surface area contributed by atoms with Gasteiger partial charge in [0.25, 0.3) is 11.5 Å². The van der Waals surface area contributed by atoms with E-state index in [-0.39, 0.29) is 17.0 Å². The van der Waals surface area contributed by atoms with Gasteiger partial charge in [0.15, 0.2) is 0 Å². The first kappa shape index (κ1) is 18.9. The summed E-state index contributed by atoms with van der Waals surface area (Å²) in [4.78, 5) is 29.5. The Morgan fingerprint density at radius 3 is 2.61 bits per heavy atom. The second-order valence-electron chi connectivity index (χ2n) is 6.14. The molecule has 28 heavy (non-hydrogen) atoms. The van der Waals surface area contributed by atoms with E-state index in [9.17, 15) is 14.9 Å². The third kappa shape index (κ3) is 3.48. The average Bonchev–Trinajstić information content (AvgIpc) is 2.70. The number of para-hydroxylation sites is 1. The first-order valence-electron chi connectivity index (χ1n) is 8.55. The second-order valence-corrected chi connectivity index (χ2v) is 6.14. The number of nitriles is 1. The highest BCUT2D eigenvalue weighted by atomic mass is 16.5. The van der Waals surface area contributed by atoms with Crippen molar-refractivity contribution in [2.45, 2.75) is 13.8 Å². The molecule has 1 N–H and O–H groups in total. The van der Waals surface area contributed by atoms with Crippen LogP contribution in [-0.4, -0.2) is 22.3 Å². The summed E-state index contributed by atoms with van der Waals surface area (Å²) in [5.74, 6) is -0.0382. The van der Waals surface area contributed by atoms with E-state index < -0.39 is 11.5 Å². The minimum absolute atomic E-state index is 0.0199. The maximum Gasteiger partial charge on any atom is 0.269 e. The molecule has 3 rings (SSSR count). The molecule has 2 heterocycles. The number of carbonyl (C=O) groups is 1. The quantitative estimate of drug-likeness (QED) is 0.559. The Balaban J connectivity index is 2.31. The Morgan fingerprint density at radius 2 is 1.93 bits per heavy atom. The van der Waals surface area contributed by atoms with E-state index in [1.807, 2.05) is 44.2 Å². The molecule has 0 aliphatic rings. The fraction of sp³-hybridized carbons (Fsp3) is 0.143. The molecule has 0 saturated heterocycles. The van der Waals surface area contributed by atoms with Gasteiger partial charge >= 0.3 is 0 Å². The Bertz CT molecular complexity index is 1200. The fourth-order valence-corrected chi connectivity index (χ4v) is 2.70. The van der Waals surface area contributed by atoms with Crippen molar-refractivity contribution in [2.75, 3.05) is 7.05 Å². The van der Waals surface area contributed by atoms with E-state index in [2.05, 4.69) is 10.3 Å². The maximum atomic E-state index is 13.1. The van der Waals surface area contributed by atoms with Gasteiger partial charge < -0.3 is 10.1 Å². The minimum atomic E-state index is -0.599. The van der Waals surface area contributed by atoms with Crippen molar-refractivity contribution in [1.82, 2.24) is 14.7 Å². The Kier molecular flexibility index (Phi) is 5.23. The van der Waals surface area contributed by atoms with E-state index in [1.54, 1.807) is 18.3 Å². The van der Waals surface area contributed by atoms with E-state index in [1.165, 1.54) is 17.5 Å². The number of likely N-dealkylation sites (N-methyl/N-ethyl adjacent to an activating group) is 1. The van der Waals surface area contributed by atoms with Crippen molar-refractivity contribution in [1.29, 1.82) is 5.26 Å². The average molecular weight is 374 g/mol. The Hall–Kier alpha value is -3.92. The van der Waals surface area contributed by atoms with Crippen LogP contribution in [0.3, 0.4) is 0 Å². The molecule has 0 spiro atoms. The molecule has 2 aromatic heterocycles. The topological polar surface area (TPSA) is 96.5 Å². The van der Waals surface area contributed by atoms with E-state index in [0.717, 1.165) is 11.1 Å².